The highest BCUT2D eigenvalue weighted by Gasteiger charge is 2.15. The van der Waals surface area contributed by atoms with Gasteiger partial charge >= 0.3 is 0 Å². The average Bonchev–Trinajstić information content (AvgIpc) is 2.53. The van der Waals surface area contributed by atoms with Crippen LogP contribution in [0.15, 0.2) is 18.5 Å². The molecule has 0 bridgehead atoms. The maximum absolute atomic E-state index is 8.99. The molecule has 0 saturated carbocycles. The second-order valence-electron chi connectivity index (χ2n) is 3.84. The molecule has 12 heavy (non-hydrogen) atoms. The molecule has 0 saturated heterocycles. The maximum atomic E-state index is 8.99. The molecule has 0 aliphatic carbocycles. The summed E-state index contributed by atoms with van der Waals surface area (Å²) in [6.07, 6.45) is 4.66. The molecule has 0 amide bonds. The van der Waals surface area contributed by atoms with Gasteiger partial charge in [-0.2, -0.15) is 5.10 Å². The molecule has 1 aromatic rings. The molecule has 0 spiro atoms. The van der Waals surface area contributed by atoms with E-state index in [1.54, 1.807) is 6.20 Å². The smallest absolute Gasteiger partial charge is 0.0489 e. The van der Waals surface area contributed by atoms with E-state index in [1.807, 2.05) is 16.9 Å². The first kappa shape index (κ1) is 9.26. The number of rotatable bonds is 4. The topological polar surface area (TPSA) is 38.0 Å². The molecule has 1 rings (SSSR count). The summed E-state index contributed by atoms with van der Waals surface area (Å²) in [7, 11) is 0. The van der Waals surface area contributed by atoms with Crippen molar-refractivity contribution in [3.63, 3.8) is 0 Å². The first-order chi connectivity index (χ1) is 5.64. The first-order valence-corrected chi connectivity index (χ1v) is 4.22. The van der Waals surface area contributed by atoms with Crippen LogP contribution in [0.4, 0.5) is 0 Å². The predicted octanol–water partition coefficient (Wildman–Crippen LogP) is 1.29. The van der Waals surface area contributed by atoms with E-state index in [0.29, 0.717) is 0 Å². The zero-order valence-electron chi connectivity index (χ0n) is 7.70. The molecule has 1 N–H and O–H groups in total. The van der Waals surface area contributed by atoms with Crippen molar-refractivity contribution < 1.29 is 5.11 Å². The van der Waals surface area contributed by atoms with Gasteiger partial charge in [-0.05, 0) is 17.9 Å². The van der Waals surface area contributed by atoms with Gasteiger partial charge in [-0.3, -0.25) is 4.68 Å². The highest BCUT2D eigenvalue weighted by atomic mass is 16.3. The lowest BCUT2D eigenvalue weighted by Crippen LogP contribution is -2.19. The second kappa shape index (κ2) is 3.72. The lowest BCUT2D eigenvalue weighted by molar-refractivity contribution is 0.143. The quantitative estimate of drug-likeness (QED) is 0.735. The van der Waals surface area contributed by atoms with Gasteiger partial charge in [0.25, 0.3) is 0 Å². The van der Waals surface area contributed by atoms with Crippen molar-refractivity contribution >= 4 is 0 Å². The summed E-state index contributed by atoms with van der Waals surface area (Å²) in [6, 6.07) is 1.91. The fourth-order valence-electron chi connectivity index (χ4n) is 0.929. The Hall–Kier alpha value is -0.830. The van der Waals surface area contributed by atoms with E-state index in [9.17, 15) is 0 Å². The molecule has 0 radical (unpaired) electrons. The Morgan fingerprint density at radius 3 is 2.75 bits per heavy atom. The van der Waals surface area contributed by atoms with Gasteiger partial charge < -0.3 is 5.11 Å². The van der Waals surface area contributed by atoms with Crippen LogP contribution >= 0.6 is 0 Å². The van der Waals surface area contributed by atoms with E-state index in [-0.39, 0.29) is 12.0 Å². The van der Waals surface area contributed by atoms with Gasteiger partial charge in [0.15, 0.2) is 0 Å². The molecule has 0 atom stereocenters. The number of aliphatic hydroxyl groups excluding tert-OH is 1. The molecule has 0 aliphatic heterocycles. The summed E-state index contributed by atoms with van der Waals surface area (Å²) < 4.78 is 1.89. The molecule has 1 aromatic heterocycles. The number of aromatic nitrogens is 2. The largest absolute Gasteiger partial charge is 0.396 e. The predicted molar refractivity (Wildman–Crippen MR) is 47.7 cm³/mol. The van der Waals surface area contributed by atoms with Gasteiger partial charge in [-0.25, -0.2) is 0 Å². The number of nitrogens with zero attached hydrogens (tertiary/aromatic N) is 2. The third-order valence-corrected chi connectivity index (χ3v) is 2.00. The molecular formula is C9H16N2O. The highest BCUT2D eigenvalue weighted by Crippen LogP contribution is 2.19. The van der Waals surface area contributed by atoms with Crippen LogP contribution in [0, 0.1) is 5.41 Å². The summed E-state index contributed by atoms with van der Waals surface area (Å²) >= 11 is 0. The van der Waals surface area contributed by atoms with E-state index >= 15 is 0 Å². The Labute approximate surface area is 73.0 Å². The van der Waals surface area contributed by atoms with Gasteiger partial charge in [-0.1, -0.05) is 13.8 Å². The average molecular weight is 168 g/mol. The minimum Gasteiger partial charge on any atom is -0.396 e. The lowest BCUT2D eigenvalue weighted by Gasteiger charge is -2.20. The third kappa shape index (κ3) is 2.66. The van der Waals surface area contributed by atoms with Crippen LogP contribution in [-0.2, 0) is 6.54 Å². The number of hydrogen-bond acceptors (Lipinski definition) is 2. The summed E-state index contributed by atoms with van der Waals surface area (Å²) in [6.45, 7) is 5.21. The van der Waals surface area contributed by atoms with Gasteiger partial charge in [0.1, 0.15) is 0 Å². The van der Waals surface area contributed by atoms with E-state index < -0.39 is 0 Å². The monoisotopic (exact) mass is 168 g/mol. The fraction of sp³-hybridized carbons (Fsp3) is 0.667. The van der Waals surface area contributed by atoms with E-state index in [1.165, 1.54) is 0 Å². The Kier molecular flexibility index (Phi) is 2.87. The van der Waals surface area contributed by atoms with Crippen LogP contribution in [0.5, 0.6) is 0 Å². The zero-order chi connectivity index (χ0) is 9.03. The molecule has 1 heterocycles. The van der Waals surface area contributed by atoms with Crippen LogP contribution in [-0.4, -0.2) is 21.5 Å². The Balaban J connectivity index is 2.36. The second-order valence-corrected chi connectivity index (χ2v) is 3.84. The molecule has 0 fully saturated rings. The molecular weight excluding hydrogens is 152 g/mol. The van der Waals surface area contributed by atoms with Gasteiger partial charge in [0.2, 0.25) is 0 Å². The standard InChI is InChI=1S/C9H16N2O/c1-9(2,8-12)4-7-11-6-3-5-10-11/h3,5-6,12H,4,7-8H2,1-2H3. The van der Waals surface area contributed by atoms with Crippen LogP contribution < -0.4 is 0 Å². The highest BCUT2D eigenvalue weighted by molar-refractivity contribution is 4.78. The van der Waals surface area contributed by atoms with Crippen LogP contribution in [0.2, 0.25) is 0 Å². The van der Waals surface area contributed by atoms with Crippen LogP contribution in [0.25, 0.3) is 0 Å². The summed E-state index contributed by atoms with van der Waals surface area (Å²) in [4.78, 5) is 0. The van der Waals surface area contributed by atoms with Crippen LogP contribution in [0.3, 0.4) is 0 Å². The zero-order valence-corrected chi connectivity index (χ0v) is 7.70. The first-order valence-electron chi connectivity index (χ1n) is 4.22. The van der Waals surface area contributed by atoms with Crippen LogP contribution in [0.1, 0.15) is 20.3 Å². The van der Waals surface area contributed by atoms with Crippen molar-refractivity contribution in [1.82, 2.24) is 9.78 Å². The molecule has 0 unspecified atom stereocenters. The Bertz CT molecular complexity index is 216. The molecule has 0 aliphatic rings. The summed E-state index contributed by atoms with van der Waals surface area (Å²) in [5, 5.41) is 13.1. The Morgan fingerprint density at radius 1 is 1.50 bits per heavy atom. The maximum Gasteiger partial charge on any atom is 0.0489 e. The normalized spacial score (nSPS) is 11.9. The fourth-order valence-corrected chi connectivity index (χ4v) is 0.929. The molecule has 68 valence electrons. The van der Waals surface area contributed by atoms with Gasteiger partial charge in [-0.15, -0.1) is 0 Å². The molecule has 0 aromatic carbocycles. The molecule has 3 nitrogen and oxygen atoms in total. The minimum absolute atomic E-state index is 0.00590. The minimum atomic E-state index is 0.00590. The van der Waals surface area contributed by atoms with Gasteiger partial charge in [0.05, 0.1) is 0 Å². The van der Waals surface area contributed by atoms with Crippen molar-refractivity contribution in [2.24, 2.45) is 5.41 Å². The summed E-state index contributed by atoms with van der Waals surface area (Å²) in [5.74, 6) is 0. The van der Waals surface area contributed by atoms with Crippen molar-refractivity contribution in [3.05, 3.63) is 18.5 Å². The van der Waals surface area contributed by atoms with Crippen molar-refractivity contribution in [2.75, 3.05) is 6.61 Å². The van der Waals surface area contributed by atoms with Crippen molar-refractivity contribution in [2.45, 2.75) is 26.8 Å². The van der Waals surface area contributed by atoms with E-state index in [4.69, 9.17) is 5.11 Å². The number of aryl methyl sites for hydroxylation is 1. The Morgan fingerprint density at radius 2 is 2.25 bits per heavy atom. The van der Waals surface area contributed by atoms with E-state index in [0.717, 1.165) is 13.0 Å². The van der Waals surface area contributed by atoms with Crippen molar-refractivity contribution in [1.29, 1.82) is 0 Å². The molecule has 3 heteroatoms. The lowest BCUT2D eigenvalue weighted by atomic mass is 9.91. The van der Waals surface area contributed by atoms with Crippen molar-refractivity contribution in [3.8, 4) is 0 Å². The number of aliphatic hydroxyl groups is 1. The SMILES string of the molecule is CC(C)(CO)CCn1cccn1. The van der Waals surface area contributed by atoms with Gasteiger partial charge in [0, 0.05) is 25.5 Å². The van der Waals surface area contributed by atoms with E-state index in [2.05, 4.69) is 18.9 Å². The number of hydrogen-bond donors (Lipinski definition) is 1. The third-order valence-electron chi connectivity index (χ3n) is 2.00. The summed E-state index contributed by atoms with van der Waals surface area (Å²) in [5.41, 5.74) is 0.00590.